The fourth-order valence-corrected chi connectivity index (χ4v) is 1.29. The van der Waals surface area contributed by atoms with Gasteiger partial charge in [-0.2, -0.15) is 0 Å². The molecule has 0 aromatic carbocycles. The van der Waals surface area contributed by atoms with E-state index in [2.05, 4.69) is 0 Å². The molecular formula is C12H17NO2. The maximum absolute atomic E-state index is 11.6. The molecule has 15 heavy (non-hydrogen) atoms. The summed E-state index contributed by atoms with van der Waals surface area (Å²) >= 11 is 0. The van der Waals surface area contributed by atoms with Gasteiger partial charge in [-0.3, -0.25) is 9.59 Å². The van der Waals surface area contributed by atoms with E-state index in [1.54, 1.807) is 12.3 Å². The van der Waals surface area contributed by atoms with Crippen molar-refractivity contribution < 1.29 is 4.79 Å². The monoisotopic (exact) mass is 207 g/mol. The Balaban J connectivity index is 2.82. The molecule has 0 aliphatic heterocycles. The molecule has 0 bridgehead atoms. The van der Waals surface area contributed by atoms with E-state index < -0.39 is 0 Å². The number of hydrogen-bond donors (Lipinski definition) is 0. The molecule has 1 unspecified atom stereocenters. The molecule has 1 heterocycles. The van der Waals surface area contributed by atoms with Crippen LogP contribution in [0.4, 0.5) is 0 Å². The zero-order chi connectivity index (χ0) is 11.4. The molecule has 0 aliphatic carbocycles. The van der Waals surface area contributed by atoms with Gasteiger partial charge >= 0.3 is 0 Å². The third kappa shape index (κ3) is 3.05. The van der Waals surface area contributed by atoms with E-state index >= 15 is 0 Å². The van der Waals surface area contributed by atoms with Gasteiger partial charge in [0.15, 0.2) is 5.78 Å². The highest BCUT2D eigenvalue weighted by Gasteiger charge is 2.11. The number of pyridine rings is 1. The summed E-state index contributed by atoms with van der Waals surface area (Å²) in [5, 5.41) is 0. The summed E-state index contributed by atoms with van der Waals surface area (Å²) < 4.78 is 1.46. The topological polar surface area (TPSA) is 39.1 Å². The normalized spacial score (nSPS) is 12.5. The van der Waals surface area contributed by atoms with Crippen molar-refractivity contribution in [3.8, 4) is 0 Å². The second-order valence-electron chi connectivity index (χ2n) is 3.95. The van der Waals surface area contributed by atoms with Gasteiger partial charge in [-0.05, 0) is 25.0 Å². The quantitative estimate of drug-likeness (QED) is 0.754. The van der Waals surface area contributed by atoms with Crippen LogP contribution in [0.25, 0.3) is 0 Å². The average Bonchev–Trinajstić information content (AvgIpc) is 2.20. The minimum Gasteiger partial charge on any atom is -0.308 e. The highest BCUT2D eigenvalue weighted by molar-refractivity contribution is 5.80. The zero-order valence-electron chi connectivity index (χ0n) is 9.49. The Bertz CT molecular complexity index is 406. The Hall–Kier alpha value is -1.38. The molecule has 3 nitrogen and oxygen atoms in total. The fraction of sp³-hybridized carbons (Fsp3) is 0.500. The number of hydrogen-bond acceptors (Lipinski definition) is 2. The molecule has 82 valence electrons. The fourth-order valence-electron chi connectivity index (χ4n) is 1.29. The predicted molar refractivity (Wildman–Crippen MR) is 59.9 cm³/mol. The first-order chi connectivity index (χ1) is 7.04. The van der Waals surface area contributed by atoms with Crippen molar-refractivity contribution in [2.75, 3.05) is 0 Å². The van der Waals surface area contributed by atoms with Crippen molar-refractivity contribution in [2.24, 2.45) is 5.92 Å². The first kappa shape index (κ1) is 11.7. The van der Waals surface area contributed by atoms with Crippen LogP contribution >= 0.6 is 0 Å². The van der Waals surface area contributed by atoms with Gasteiger partial charge in [0.05, 0.1) is 6.54 Å². The van der Waals surface area contributed by atoms with Gasteiger partial charge in [-0.1, -0.05) is 13.8 Å². The van der Waals surface area contributed by atoms with Gasteiger partial charge in [0, 0.05) is 18.2 Å². The van der Waals surface area contributed by atoms with E-state index in [1.165, 1.54) is 4.57 Å². The first-order valence-corrected chi connectivity index (χ1v) is 5.24. The second-order valence-corrected chi connectivity index (χ2v) is 3.95. The van der Waals surface area contributed by atoms with Crippen molar-refractivity contribution in [2.45, 2.75) is 33.7 Å². The van der Waals surface area contributed by atoms with Crippen LogP contribution in [-0.4, -0.2) is 10.4 Å². The van der Waals surface area contributed by atoms with E-state index in [-0.39, 0.29) is 23.8 Å². The number of ketones is 1. The minimum absolute atomic E-state index is 0.0261. The maximum atomic E-state index is 11.6. The van der Waals surface area contributed by atoms with Crippen LogP contribution in [0.5, 0.6) is 0 Å². The Morgan fingerprint density at radius 1 is 1.53 bits per heavy atom. The molecule has 0 fully saturated rings. The number of aromatic nitrogens is 1. The largest absolute Gasteiger partial charge is 0.308 e. The Labute approximate surface area is 89.7 Å². The number of Topliss-reactive ketones (excluding diaryl/α,β-unsaturated/α-hetero) is 1. The van der Waals surface area contributed by atoms with Gasteiger partial charge in [-0.25, -0.2) is 0 Å². The molecule has 0 radical (unpaired) electrons. The van der Waals surface area contributed by atoms with Crippen LogP contribution in [-0.2, 0) is 11.3 Å². The van der Waals surface area contributed by atoms with Gasteiger partial charge in [0.1, 0.15) is 0 Å². The van der Waals surface area contributed by atoms with E-state index in [9.17, 15) is 9.59 Å². The molecular weight excluding hydrogens is 190 g/mol. The SMILES string of the molecule is CCC(C)C(=O)Cn1ccc(C)cc1=O. The lowest BCUT2D eigenvalue weighted by Gasteiger charge is -2.09. The van der Waals surface area contributed by atoms with Crippen LogP contribution in [0, 0.1) is 12.8 Å². The van der Waals surface area contributed by atoms with Crippen molar-refractivity contribution >= 4 is 5.78 Å². The van der Waals surface area contributed by atoms with Crippen molar-refractivity contribution in [1.29, 1.82) is 0 Å². The molecule has 0 N–H and O–H groups in total. The van der Waals surface area contributed by atoms with Gasteiger partial charge in [0.2, 0.25) is 0 Å². The molecule has 0 aliphatic rings. The zero-order valence-corrected chi connectivity index (χ0v) is 9.49. The van der Waals surface area contributed by atoms with E-state index in [1.807, 2.05) is 26.8 Å². The summed E-state index contributed by atoms with van der Waals surface area (Å²) in [6, 6.07) is 3.38. The highest BCUT2D eigenvalue weighted by atomic mass is 16.1. The number of aryl methyl sites for hydroxylation is 1. The van der Waals surface area contributed by atoms with E-state index in [0.717, 1.165) is 12.0 Å². The molecule has 0 saturated carbocycles. The number of nitrogens with zero attached hydrogens (tertiary/aromatic N) is 1. The summed E-state index contributed by atoms with van der Waals surface area (Å²) in [6.07, 6.45) is 2.50. The van der Waals surface area contributed by atoms with Crippen LogP contribution in [0.3, 0.4) is 0 Å². The third-order valence-corrected chi connectivity index (χ3v) is 2.64. The summed E-state index contributed by atoms with van der Waals surface area (Å²) in [6.45, 7) is 5.92. The molecule has 0 saturated heterocycles. The van der Waals surface area contributed by atoms with E-state index in [4.69, 9.17) is 0 Å². The van der Waals surface area contributed by atoms with Gasteiger partial charge < -0.3 is 4.57 Å². The Kier molecular flexibility index (Phi) is 3.83. The lowest BCUT2D eigenvalue weighted by Crippen LogP contribution is -2.26. The lowest BCUT2D eigenvalue weighted by molar-refractivity contribution is -0.123. The maximum Gasteiger partial charge on any atom is 0.251 e. The molecule has 1 rings (SSSR count). The third-order valence-electron chi connectivity index (χ3n) is 2.64. The smallest absolute Gasteiger partial charge is 0.251 e. The summed E-state index contributed by atoms with van der Waals surface area (Å²) in [5.74, 6) is 0.140. The first-order valence-electron chi connectivity index (χ1n) is 5.24. The molecule has 1 atom stereocenters. The number of carbonyl (C=O) groups is 1. The van der Waals surface area contributed by atoms with Crippen LogP contribution in [0.2, 0.25) is 0 Å². The number of rotatable bonds is 4. The van der Waals surface area contributed by atoms with Crippen molar-refractivity contribution in [1.82, 2.24) is 4.57 Å². The van der Waals surface area contributed by atoms with Gasteiger partial charge in [-0.15, -0.1) is 0 Å². The van der Waals surface area contributed by atoms with Gasteiger partial charge in [0.25, 0.3) is 5.56 Å². The Morgan fingerprint density at radius 3 is 2.73 bits per heavy atom. The molecule has 1 aromatic heterocycles. The predicted octanol–water partition coefficient (Wildman–Crippen LogP) is 1.77. The second kappa shape index (κ2) is 4.91. The molecule has 0 spiro atoms. The summed E-state index contributed by atoms with van der Waals surface area (Å²) in [7, 11) is 0. The minimum atomic E-state index is -0.105. The molecule has 3 heteroatoms. The number of carbonyl (C=O) groups excluding carboxylic acids is 1. The van der Waals surface area contributed by atoms with E-state index in [0.29, 0.717) is 0 Å². The molecule has 1 aromatic rings. The van der Waals surface area contributed by atoms with Crippen molar-refractivity contribution in [3.63, 3.8) is 0 Å². The van der Waals surface area contributed by atoms with Crippen LogP contribution in [0.15, 0.2) is 23.1 Å². The Morgan fingerprint density at radius 2 is 2.20 bits per heavy atom. The highest BCUT2D eigenvalue weighted by Crippen LogP contribution is 2.03. The standard InChI is InChI=1S/C12H17NO2/c1-4-10(3)11(14)8-13-6-5-9(2)7-12(13)15/h5-7,10H,4,8H2,1-3H3. The lowest BCUT2D eigenvalue weighted by atomic mass is 10.0. The van der Waals surface area contributed by atoms with Crippen LogP contribution < -0.4 is 5.56 Å². The summed E-state index contributed by atoms with van der Waals surface area (Å²) in [5.41, 5.74) is 0.818. The molecule has 0 amide bonds. The average molecular weight is 207 g/mol. The van der Waals surface area contributed by atoms with Crippen LogP contribution in [0.1, 0.15) is 25.8 Å². The van der Waals surface area contributed by atoms with Crippen molar-refractivity contribution in [3.05, 3.63) is 34.2 Å². The summed E-state index contributed by atoms with van der Waals surface area (Å²) in [4.78, 5) is 23.1.